The standard InChI is InChI=1S/C16H24FNOS/c1-11(2)9-18-10-13-5-4-6-14(17)16(13)20-15-7-8-19-12(15)3/h4-6,11-12,15,18H,7-10H2,1-3H3. The second-order valence-corrected chi connectivity index (χ2v) is 7.02. The van der Waals surface area contributed by atoms with Crippen LogP contribution in [0, 0.1) is 11.7 Å². The number of rotatable bonds is 6. The molecule has 112 valence electrons. The second-order valence-electron chi connectivity index (χ2n) is 5.77. The first-order valence-electron chi connectivity index (χ1n) is 7.34. The van der Waals surface area contributed by atoms with Gasteiger partial charge in [0.15, 0.2) is 0 Å². The highest BCUT2D eigenvalue weighted by molar-refractivity contribution is 8.00. The van der Waals surface area contributed by atoms with Crippen molar-refractivity contribution in [3.8, 4) is 0 Å². The Morgan fingerprint density at radius 1 is 1.45 bits per heavy atom. The van der Waals surface area contributed by atoms with E-state index in [0.29, 0.717) is 11.2 Å². The third kappa shape index (κ3) is 4.21. The predicted molar refractivity (Wildman–Crippen MR) is 82.6 cm³/mol. The fourth-order valence-electron chi connectivity index (χ4n) is 2.34. The van der Waals surface area contributed by atoms with E-state index in [2.05, 4.69) is 26.1 Å². The van der Waals surface area contributed by atoms with Crippen molar-refractivity contribution < 1.29 is 9.13 Å². The van der Waals surface area contributed by atoms with Gasteiger partial charge in [-0.2, -0.15) is 0 Å². The molecule has 20 heavy (non-hydrogen) atoms. The summed E-state index contributed by atoms with van der Waals surface area (Å²) in [6.07, 6.45) is 1.20. The van der Waals surface area contributed by atoms with Gasteiger partial charge in [0.05, 0.1) is 6.10 Å². The van der Waals surface area contributed by atoms with E-state index in [9.17, 15) is 4.39 Å². The van der Waals surface area contributed by atoms with Crippen molar-refractivity contribution in [2.75, 3.05) is 13.2 Å². The summed E-state index contributed by atoms with van der Waals surface area (Å²) >= 11 is 1.63. The number of hydrogen-bond acceptors (Lipinski definition) is 3. The van der Waals surface area contributed by atoms with E-state index in [0.717, 1.165) is 36.6 Å². The first kappa shape index (κ1) is 15.8. The molecule has 0 saturated carbocycles. The van der Waals surface area contributed by atoms with Crippen molar-refractivity contribution in [2.45, 2.75) is 50.0 Å². The Bertz CT molecular complexity index is 438. The Morgan fingerprint density at radius 3 is 2.90 bits per heavy atom. The van der Waals surface area contributed by atoms with E-state index >= 15 is 0 Å². The van der Waals surface area contributed by atoms with Gasteiger partial charge in [0.1, 0.15) is 5.82 Å². The summed E-state index contributed by atoms with van der Waals surface area (Å²) in [6.45, 7) is 8.87. The second kappa shape index (κ2) is 7.43. The average Bonchev–Trinajstić information content (AvgIpc) is 2.78. The molecule has 2 unspecified atom stereocenters. The van der Waals surface area contributed by atoms with Crippen LogP contribution in [-0.4, -0.2) is 24.5 Å². The van der Waals surface area contributed by atoms with Crippen LogP contribution in [0.5, 0.6) is 0 Å². The molecule has 0 spiro atoms. The van der Waals surface area contributed by atoms with Gasteiger partial charge in [0.25, 0.3) is 0 Å². The summed E-state index contributed by atoms with van der Waals surface area (Å²) in [5.41, 5.74) is 1.05. The highest BCUT2D eigenvalue weighted by atomic mass is 32.2. The van der Waals surface area contributed by atoms with Crippen LogP contribution >= 0.6 is 11.8 Å². The molecule has 0 aromatic heterocycles. The molecule has 4 heteroatoms. The summed E-state index contributed by atoms with van der Waals surface area (Å²) < 4.78 is 19.7. The molecule has 1 aliphatic heterocycles. The SMILES string of the molecule is CC(C)CNCc1cccc(F)c1SC1CCOC1C. The van der Waals surface area contributed by atoms with E-state index in [1.54, 1.807) is 23.9 Å². The maximum absolute atomic E-state index is 14.1. The van der Waals surface area contributed by atoms with E-state index in [4.69, 9.17) is 4.74 Å². The Labute approximate surface area is 125 Å². The molecule has 2 nitrogen and oxygen atoms in total. The van der Waals surface area contributed by atoms with Crippen LogP contribution in [0.15, 0.2) is 23.1 Å². The summed E-state index contributed by atoms with van der Waals surface area (Å²) in [4.78, 5) is 0.783. The van der Waals surface area contributed by atoms with Gasteiger partial charge < -0.3 is 10.1 Å². The van der Waals surface area contributed by atoms with E-state index in [1.165, 1.54) is 0 Å². The molecule has 1 N–H and O–H groups in total. The predicted octanol–water partition coefficient (Wildman–Crippen LogP) is 3.84. The summed E-state index contributed by atoms with van der Waals surface area (Å²) in [6, 6.07) is 5.36. The van der Waals surface area contributed by atoms with Crippen LogP contribution in [0.4, 0.5) is 4.39 Å². The molecule has 1 saturated heterocycles. The van der Waals surface area contributed by atoms with Gasteiger partial charge >= 0.3 is 0 Å². The average molecular weight is 297 g/mol. The van der Waals surface area contributed by atoms with Crippen LogP contribution in [0.1, 0.15) is 32.8 Å². The normalized spacial score (nSPS) is 22.6. The third-order valence-electron chi connectivity index (χ3n) is 3.49. The van der Waals surface area contributed by atoms with E-state index in [1.807, 2.05) is 6.07 Å². The largest absolute Gasteiger partial charge is 0.377 e. The third-order valence-corrected chi connectivity index (χ3v) is 5.11. The highest BCUT2D eigenvalue weighted by Crippen LogP contribution is 2.36. The zero-order chi connectivity index (χ0) is 14.5. The lowest BCUT2D eigenvalue weighted by atomic mass is 10.2. The molecule has 1 aromatic rings. The minimum absolute atomic E-state index is 0.113. The molecule has 0 amide bonds. The van der Waals surface area contributed by atoms with Gasteiger partial charge in [-0.05, 0) is 37.4 Å². The molecular formula is C16H24FNOS. The minimum Gasteiger partial charge on any atom is -0.377 e. The molecule has 1 aliphatic rings. The van der Waals surface area contributed by atoms with E-state index in [-0.39, 0.29) is 11.9 Å². The molecule has 2 rings (SSSR count). The highest BCUT2D eigenvalue weighted by Gasteiger charge is 2.27. The number of halogens is 1. The molecule has 0 aliphatic carbocycles. The number of ether oxygens (including phenoxy) is 1. The molecule has 1 fully saturated rings. The van der Waals surface area contributed by atoms with Gasteiger partial charge in [-0.3, -0.25) is 0 Å². The summed E-state index contributed by atoms with van der Waals surface area (Å²) in [5.74, 6) is 0.487. The molecule has 1 aromatic carbocycles. The first-order valence-corrected chi connectivity index (χ1v) is 8.22. The lowest BCUT2D eigenvalue weighted by molar-refractivity contribution is 0.127. The van der Waals surface area contributed by atoms with E-state index < -0.39 is 0 Å². The monoisotopic (exact) mass is 297 g/mol. The Morgan fingerprint density at radius 2 is 2.25 bits per heavy atom. The van der Waals surface area contributed by atoms with Gasteiger partial charge in [-0.1, -0.05) is 26.0 Å². The van der Waals surface area contributed by atoms with Crippen LogP contribution < -0.4 is 5.32 Å². The molecule has 0 radical (unpaired) electrons. The summed E-state index contributed by atoms with van der Waals surface area (Å²) in [5, 5.41) is 3.75. The zero-order valence-electron chi connectivity index (χ0n) is 12.5. The number of benzene rings is 1. The van der Waals surface area contributed by atoms with Gasteiger partial charge in [0.2, 0.25) is 0 Å². The topological polar surface area (TPSA) is 21.3 Å². The van der Waals surface area contributed by atoms with Crippen molar-refractivity contribution in [2.24, 2.45) is 5.92 Å². The van der Waals surface area contributed by atoms with Gasteiger partial charge in [-0.15, -0.1) is 11.8 Å². The molecular weight excluding hydrogens is 273 g/mol. The maximum atomic E-state index is 14.1. The lowest BCUT2D eigenvalue weighted by Crippen LogP contribution is -2.20. The smallest absolute Gasteiger partial charge is 0.137 e. The van der Waals surface area contributed by atoms with Crippen LogP contribution in [0.2, 0.25) is 0 Å². The lowest BCUT2D eigenvalue weighted by Gasteiger charge is -2.17. The van der Waals surface area contributed by atoms with Gasteiger partial charge in [-0.25, -0.2) is 4.39 Å². The molecule has 0 bridgehead atoms. The zero-order valence-corrected chi connectivity index (χ0v) is 13.3. The number of nitrogens with one attached hydrogen (secondary N) is 1. The van der Waals surface area contributed by atoms with Crippen molar-refractivity contribution in [1.29, 1.82) is 0 Å². The fourth-order valence-corrected chi connectivity index (χ4v) is 3.60. The molecule has 2 atom stereocenters. The van der Waals surface area contributed by atoms with Crippen molar-refractivity contribution in [3.63, 3.8) is 0 Å². The Hall–Kier alpha value is -0.580. The Kier molecular flexibility index (Phi) is 5.87. The first-order chi connectivity index (χ1) is 9.58. The molecule has 1 heterocycles. The Balaban J connectivity index is 2.05. The van der Waals surface area contributed by atoms with Crippen molar-refractivity contribution in [3.05, 3.63) is 29.6 Å². The van der Waals surface area contributed by atoms with Crippen molar-refractivity contribution in [1.82, 2.24) is 5.32 Å². The summed E-state index contributed by atoms with van der Waals surface area (Å²) in [7, 11) is 0. The fraction of sp³-hybridized carbons (Fsp3) is 0.625. The minimum atomic E-state index is -0.113. The number of hydrogen-bond donors (Lipinski definition) is 1. The number of thioether (sulfide) groups is 1. The van der Waals surface area contributed by atoms with Crippen LogP contribution in [0.25, 0.3) is 0 Å². The van der Waals surface area contributed by atoms with Crippen LogP contribution in [0.3, 0.4) is 0 Å². The quantitative estimate of drug-likeness (QED) is 0.862. The van der Waals surface area contributed by atoms with Crippen LogP contribution in [-0.2, 0) is 11.3 Å². The maximum Gasteiger partial charge on any atom is 0.137 e. The van der Waals surface area contributed by atoms with Gasteiger partial charge in [0, 0.05) is 23.3 Å². The van der Waals surface area contributed by atoms with Crippen molar-refractivity contribution >= 4 is 11.8 Å².